The number of fused-ring (bicyclic) bond motifs is 9. The highest BCUT2D eigenvalue weighted by molar-refractivity contribution is 6.13. The maximum Gasteiger partial charge on any atom is 0.235 e. The van der Waals surface area contributed by atoms with Crippen molar-refractivity contribution in [2.45, 2.75) is 123 Å². The van der Waals surface area contributed by atoms with Crippen LogP contribution in [0, 0.1) is 13.8 Å². The first-order valence-corrected chi connectivity index (χ1v) is 34.5. The monoisotopic (exact) mass is 1210 g/mol. The minimum atomic E-state index is -0.0810. The number of para-hydroxylation sites is 2. The smallest absolute Gasteiger partial charge is 0.235 e. The van der Waals surface area contributed by atoms with Gasteiger partial charge in [-0.3, -0.25) is 4.57 Å². The Kier molecular flexibility index (Phi) is 16.6. The van der Waals surface area contributed by atoms with Gasteiger partial charge in [0.2, 0.25) is 5.95 Å². The number of nitrogens with zero attached hydrogens (tertiary/aromatic N) is 4. The average Bonchev–Trinajstić information content (AvgIpc) is 1.59. The third kappa shape index (κ3) is 11.5. The molecule has 0 atom stereocenters. The molecule has 4 heteroatoms. The summed E-state index contributed by atoms with van der Waals surface area (Å²) in [6.45, 7) is 9.10. The van der Waals surface area contributed by atoms with E-state index < -0.39 is 0 Å². The van der Waals surface area contributed by atoms with E-state index in [-0.39, 0.29) is 5.41 Å². The molecule has 0 bridgehead atoms. The maximum atomic E-state index is 5.31. The van der Waals surface area contributed by atoms with E-state index >= 15 is 0 Å². The Bertz CT molecular complexity index is 4930. The van der Waals surface area contributed by atoms with Crippen LogP contribution in [0.2, 0.25) is 0 Å². The Morgan fingerprint density at radius 3 is 1.24 bits per heavy atom. The van der Waals surface area contributed by atoms with E-state index in [9.17, 15) is 0 Å². The van der Waals surface area contributed by atoms with Crippen molar-refractivity contribution < 1.29 is 0 Å². The lowest BCUT2D eigenvalue weighted by Gasteiger charge is -2.33. The number of aromatic nitrogens is 4. The summed E-state index contributed by atoms with van der Waals surface area (Å²) in [7, 11) is 0. The lowest BCUT2D eigenvalue weighted by Crippen LogP contribution is -2.25. The van der Waals surface area contributed by atoms with Crippen LogP contribution in [0.4, 0.5) is 0 Å². The van der Waals surface area contributed by atoms with Gasteiger partial charge in [-0.1, -0.05) is 285 Å². The van der Waals surface area contributed by atoms with Crippen LogP contribution in [0.5, 0.6) is 0 Å². The van der Waals surface area contributed by atoms with Crippen LogP contribution in [0.3, 0.4) is 0 Å². The standard InChI is InChI=1S/C89H82N4/c1-5-7-9-11-13-25-51-89(52-26-14-12-10-8-6-2)80-58-70(65-41-39-64(40-42-65)63-37-35-61(3)36-38-63)43-47-74(80)75-48-44-71(59-81(75)89)72-53-62(4)54-73(55-72)92-84-33-23-21-31-76(84)78-56-68(45-49-86(78)92)69-46-50-87-79(57-69)77-32-22-24-34-85(77)93(87)88-90-82(66-27-17-15-18-28-66)60-83(91-88)67-29-19-16-20-30-67/h15-24,27-50,53-60H,5-14,25-26,51-52H2,1-4H3. The zero-order valence-electron chi connectivity index (χ0n) is 54.4. The third-order valence-corrected chi connectivity index (χ3v) is 20.3. The van der Waals surface area contributed by atoms with Gasteiger partial charge in [0, 0.05) is 43.8 Å². The Hall–Kier alpha value is -9.90. The quantitative estimate of drug-likeness (QED) is 0.0634. The number of unbranched alkanes of at least 4 members (excludes halogenated alkanes) is 10. The minimum Gasteiger partial charge on any atom is -0.309 e. The molecule has 0 aliphatic heterocycles. The van der Waals surface area contributed by atoms with Gasteiger partial charge in [-0.15, -0.1) is 0 Å². The Morgan fingerprint density at radius 2 is 0.699 bits per heavy atom. The number of aryl methyl sites for hydroxylation is 2. The molecule has 0 radical (unpaired) electrons. The van der Waals surface area contributed by atoms with E-state index in [0.29, 0.717) is 5.95 Å². The number of hydrogen-bond donors (Lipinski definition) is 0. The molecule has 14 aromatic rings. The van der Waals surface area contributed by atoms with Gasteiger partial charge in [0.1, 0.15) is 0 Å². The molecule has 3 aromatic heterocycles. The molecule has 1 aliphatic carbocycles. The van der Waals surface area contributed by atoms with E-state index in [1.807, 2.05) is 0 Å². The van der Waals surface area contributed by atoms with Crippen molar-refractivity contribution in [3.8, 4) is 89.8 Å². The van der Waals surface area contributed by atoms with Crippen LogP contribution >= 0.6 is 0 Å². The van der Waals surface area contributed by atoms with Crippen molar-refractivity contribution in [2.24, 2.45) is 0 Å². The Balaban J connectivity index is 0.804. The molecule has 11 aromatic carbocycles. The summed E-state index contributed by atoms with van der Waals surface area (Å²) in [6.07, 6.45) is 17.8. The lowest BCUT2D eigenvalue weighted by molar-refractivity contribution is 0.398. The van der Waals surface area contributed by atoms with Crippen LogP contribution in [0.15, 0.2) is 255 Å². The molecule has 0 fully saturated rings. The third-order valence-electron chi connectivity index (χ3n) is 20.3. The maximum absolute atomic E-state index is 5.31. The van der Waals surface area contributed by atoms with Crippen molar-refractivity contribution in [3.05, 3.63) is 277 Å². The van der Waals surface area contributed by atoms with Crippen molar-refractivity contribution >= 4 is 43.6 Å². The first kappa shape index (κ1) is 59.4. The highest BCUT2D eigenvalue weighted by Gasteiger charge is 2.43. The SMILES string of the molecule is CCCCCCCCC1(CCCCCCCC)c2cc(-c3ccc(-c4ccc(C)cc4)cc3)ccc2-c2ccc(-c3cc(C)cc(-n4c5ccccc5c5cc(-c6ccc7c(c6)c6ccccc6n7-c6nc(-c7ccccc7)cc(-c7ccccc7)n6)ccc54)c3)cc21. The highest BCUT2D eigenvalue weighted by Crippen LogP contribution is 2.56. The summed E-state index contributed by atoms with van der Waals surface area (Å²) >= 11 is 0. The van der Waals surface area contributed by atoms with E-state index in [4.69, 9.17) is 9.97 Å². The molecule has 0 amide bonds. The van der Waals surface area contributed by atoms with E-state index in [1.54, 1.807) is 0 Å². The van der Waals surface area contributed by atoms with Crippen LogP contribution in [-0.2, 0) is 5.41 Å². The molecule has 93 heavy (non-hydrogen) atoms. The second-order valence-corrected chi connectivity index (χ2v) is 26.5. The number of hydrogen-bond acceptors (Lipinski definition) is 2. The first-order chi connectivity index (χ1) is 45.8. The molecule has 458 valence electrons. The van der Waals surface area contributed by atoms with Crippen molar-refractivity contribution in [1.29, 1.82) is 0 Å². The van der Waals surface area contributed by atoms with Gasteiger partial charge in [-0.05, 0) is 166 Å². The van der Waals surface area contributed by atoms with Crippen LogP contribution in [0.1, 0.15) is 126 Å². The van der Waals surface area contributed by atoms with Gasteiger partial charge in [0.25, 0.3) is 0 Å². The fraction of sp³-hybridized carbons (Fsp3) is 0.213. The molecular weight excluding hydrogens is 1130 g/mol. The summed E-state index contributed by atoms with van der Waals surface area (Å²) in [4.78, 5) is 10.6. The van der Waals surface area contributed by atoms with Crippen LogP contribution < -0.4 is 0 Å². The topological polar surface area (TPSA) is 35.6 Å². The predicted molar refractivity (Wildman–Crippen MR) is 395 cm³/mol. The largest absolute Gasteiger partial charge is 0.309 e. The van der Waals surface area contributed by atoms with Crippen molar-refractivity contribution in [2.75, 3.05) is 0 Å². The number of benzene rings is 11. The fourth-order valence-corrected chi connectivity index (χ4v) is 15.4. The molecule has 0 saturated carbocycles. The minimum absolute atomic E-state index is 0.0810. The molecule has 3 heterocycles. The van der Waals surface area contributed by atoms with Gasteiger partial charge in [0.05, 0.1) is 33.5 Å². The van der Waals surface area contributed by atoms with E-state index in [0.717, 1.165) is 49.9 Å². The molecule has 0 unspecified atom stereocenters. The molecule has 1 aliphatic rings. The lowest BCUT2D eigenvalue weighted by atomic mass is 9.70. The van der Waals surface area contributed by atoms with Crippen molar-refractivity contribution in [1.82, 2.24) is 19.1 Å². The van der Waals surface area contributed by atoms with E-state index in [1.165, 1.54) is 190 Å². The Labute approximate surface area is 549 Å². The second-order valence-electron chi connectivity index (χ2n) is 26.5. The van der Waals surface area contributed by atoms with Gasteiger partial charge < -0.3 is 4.57 Å². The fourth-order valence-electron chi connectivity index (χ4n) is 15.4. The van der Waals surface area contributed by atoms with E-state index in [2.05, 4.69) is 292 Å². The summed E-state index contributed by atoms with van der Waals surface area (Å²) < 4.78 is 4.75. The summed E-state index contributed by atoms with van der Waals surface area (Å²) in [5.74, 6) is 0.649. The first-order valence-electron chi connectivity index (χ1n) is 34.5. The molecular formula is C89H82N4. The molecule has 0 spiro atoms. The van der Waals surface area contributed by atoms with Crippen LogP contribution in [-0.4, -0.2) is 19.1 Å². The molecule has 15 rings (SSSR count). The highest BCUT2D eigenvalue weighted by atomic mass is 15.2. The molecule has 0 saturated heterocycles. The van der Waals surface area contributed by atoms with Crippen molar-refractivity contribution in [3.63, 3.8) is 0 Å². The van der Waals surface area contributed by atoms with Gasteiger partial charge in [-0.25, -0.2) is 9.97 Å². The predicted octanol–water partition coefficient (Wildman–Crippen LogP) is 25.1. The second kappa shape index (κ2) is 26.0. The zero-order chi connectivity index (χ0) is 62.8. The normalized spacial score (nSPS) is 12.6. The van der Waals surface area contributed by atoms with Gasteiger partial charge >= 0.3 is 0 Å². The summed E-state index contributed by atoms with van der Waals surface area (Å²) in [6, 6.07) is 95.2. The Morgan fingerprint density at radius 1 is 0.290 bits per heavy atom. The summed E-state index contributed by atoms with van der Waals surface area (Å²) in [5.41, 5.74) is 28.0. The van der Waals surface area contributed by atoms with Gasteiger partial charge in [-0.2, -0.15) is 0 Å². The van der Waals surface area contributed by atoms with Crippen LogP contribution in [0.25, 0.3) is 133 Å². The van der Waals surface area contributed by atoms with Gasteiger partial charge in [0.15, 0.2) is 0 Å². The zero-order valence-corrected chi connectivity index (χ0v) is 54.4. The number of rotatable bonds is 22. The summed E-state index contributed by atoms with van der Waals surface area (Å²) in [5, 5.41) is 4.80. The molecule has 0 N–H and O–H groups in total. The average molecular weight is 1210 g/mol. The molecule has 4 nitrogen and oxygen atoms in total.